The zero-order valence-electron chi connectivity index (χ0n) is 14.5. The van der Waals surface area contributed by atoms with Crippen molar-refractivity contribution < 1.29 is 4.79 Å². The second kappa shape index (κ2) is 6.81. The van der Waals surface area contributed by atoms with Gasteiger partial charge in [-0.25, -0.2) is 0 Å². The fourth-order valence-corrected chi connectivity index (χ4v) is 4.05. The molecule has 132 valence electrons. The molecular weight excluding hydrogens is 336 g/mol. The van der Waals surface area contributed by atoms with Crippen LogP contribution in [0.5, 0.6) is 0 Å². The molecule has 25 heavy (non-hydrogen) atoms. The van der Waals surface area contributed by atoms with E-state index in [1.165, 1.54) is 6.42 Å². The fourth-order valence-electron chi connectivity index (χ4n) is 3.93. The first kappa shape index (κ1) is 16.6. The zero-order valence-corrected chi connectivity index (χ0v) is 15.2. The van der Waals surface area contributed by atoms with Crippen molar-refractivity contribution in [3.63, 3.8) is 0 Å². The van der Waals surface area contributed by atoms with Gasteiger partial charge < -0.3 is 4.90 Å². The van der Waals surface area contributed by atoms with Gasteiger partial charge in [0.15, 0.2) is 0 Å². The highest BCUT2D eigenvalue weighted by Crippen LogP contribution is 2.30. The number of likely N-dealkylation sites (tertiary alicyclic amines) is 1. The lowest BCUT2D eigenvalue weighted by Crippen LogP contribution is -2.50. The Morgan fingerprint density at radius 3 is 2.80 bits per heavy atom. The molecule has 6 heteroatoms. The van der Waals surface area contributed by atoms with E-state index in [9.17, 15) is 4.79 Å². The number of H-pyrrole nitrogens is 1. The van der Waals surface area contributed by atoms with Crippen molar-refractivity contribution in [2.75, 3.05) is 20.1 Å². The summed E-state index contributed by atoms with van der Waals surface area (Å²) in [5.74, 6) is 0.260. The topological polar surface area (TPSA) is 52.2 Å². The van der Waals surface area contributed by atoms with E-state index in [1.807, 2.05) is 29.2 Å². The number of fused-ring (bicyclic) bond motifs is 1. The maximum atomic E-state index is 13.0. The quantitative estimate of drug-likeness (QED) is 0.897. The third-order valence-corrected chi connectivity index (χ3v) is 5.67. The molecule has 3 heterocycles. The van der Waals surface area contributed by atoms with E-state index in [4.69, 9.17) is 11.6 Å². The summed E-state index contributed by atoms with van der Waals surface area (Å²) >= 11 is 6.00. The smallest absolute Gasteiger partial charge is 0.240 e. The zero-order chi connectivity index (χ0) is 17.4. The van der Waals surface area contributed by atoms with E-state index < -0.39 is 0 Å². The van der Waals surface area contributed by atoms with E-state index in [1.54, 1.807) is 0 Å². The molecule has 2 aliphatic heterocycles. The molecular formula is C19H23ClN4O. The number of likely N-dealkylation sites (N-methyl/N-ethyl adjacent to an activating group) is 1. The third-order valence-electron chi connectivity index (χ3n) is 5.42. The second-order valence-corrected chi connectivity index (χ2v) is 7.47. The third kappa shape index (κ3) is 3.18. The number of nitrogens with one attached hydrogen (secondary N) is 1. The van der Waals surface area contributed by atoms with Gasteiger partial charge in [0.2, 0.25) is 5.91 Å². The molecule has 1 fully saturated rings. The van der Waals surface area contributed by atoms with Gasteiger partial charge in [-0.3, -0.25) is 14.8 Å². The van der Waals surface area contributed by atoms with Crippen LogP contribution in [0, 0.1) is 0 Å². The number of piperidine rings is 1. The standard InChI is InChI=1S/C19H23ClN4O/c1-23-10-3-2-4-17(23)19(25)24-11-9-16-15(12-24)18(22-21-16)13-5-7-14(20)8-6-13/h5-8,17H,2-4,9-12H2,1H3,(H,21,22)/t17-/m1/s1. The minimum Gasteiger partial charge on any atom is -0.336 e. The SMILES string of the molecule is CN1CCCC[C@@H]1C(=O)N1CCc2[nH]nc(-c3ccc(Cl)cc3)c2C1. The molecule has 0 aliphatic carbocycles. The summed E-state index contributed by atoms with van der Waals surface area (Å²) in [4.78, 5) is 17.2. The van der Waals surface area contributed by atoms with E-state index in [-0.39, 0.29) is 11.9 Å². The van der Waals surface area contributed by atoms with Gasteiger partial charge in [0.1, 0.15) is 0 Å². The van der Waals surface area contributed by atoms with Crippen molar-refractivity contribution in [3.05, 3.63) is 40.5 Å². The van der Waals surface area contributed by atoms with Gasteiger partial charge in [-0.15, -0.1) is 0 Å². The summed E-state index contributed by atoms with van der Waals surface area (Å²) in [6, 6.07) is 7.74. The molecule has 4 rings (SSSR count). The number of rotatable bonds is 2. The summed E-state index contributed by atoms with van der Waals surface area (Å²) in [5.41, 5.74) is 4.25. The number of aromatic amines is 1. The predicted octanol–water partition coefficient (Wildman–Crippen LogP) is 3.10. The number of halogens is 1. The number of aromatic nitrogens is 2. The van der Waals surface area contributed by atoms with E-state index >= 15 is 0 Å². The van der Waals surface area contributed by atoms with Crippen molar-refractivity contribution >= 4 is 17.5 Å². The fraction of sp³-hybridized carbons (Fsp3) is 0.474. The minimum absolute atomic E-state index is 0.0289. The van der Waals surface area contributed by atoms with Crippen molar-refractivity contribution in [3.8, 4) is 11.3 Å². The number of carbonyl (C=O) groups excluding carboxylic acids is 1. The van der Waals surface area contributed by atoms with Crippen LogP contribution in [0.25, 0.3) is 11.3 Å². The van der Waals surface area contributed by atoms with Crippen LogP contribution in [-0.4, -0.2) is 52.1 Å². The molecule has 2 aliphatic rings. The number of nitrogens with zero attached hydrogens (tertiary/aromatic N) is 3. The largest absolute Gasteiger partial charge is 0.336 e. The first-order valence-electron chi connectivity index (χ1n) is 8.94. The summed E-state index contributed by atoms with van der Waals surface area (Å²) in [6.45, 7) is 2.41. The first-order valence-corrected chi connectivity index (χ1v) is 9.32. The summed E-state index contributed by atoms with van der Waals surface area (Å²) in [7, 11) is 2.06. The van der Waals surface area contributed by atoms with Crippen LogP contribution >= 0.6 is 11.6 Å². The molecule has 0 saturated carbocycles. The summed E-state index contributed by atoms with van der Waals surface area (Å²) in [6.07, 6.45) is 4.13. The molecule has 1 aromatic heterocycles. The second-order valence-electron chi connectivity index (χ2n) is 7.04. The lowest BCUT2D eigenvalue weighted by atomic mass is 9.98. The van der Waals surface area contributed by atoms with Gasteiger partial charge in [-0.1, -0.05) is 30.2 Å². The van der Waals surface area contributed by atoms with E-state index in [0.29, 0.717) is 11.6 Å². The van der Waals surface area contributed by atoms with Gasteiger partial charge in [0.05, 0.1) is 11.7 Å². The van der Waals surface area contributed by atoms with Crippen LogP contribution < -0.4 is 0 Å². The van der Waals surface area contributed by atoms with Crippen molar-refractivity contribution in [2.24, 2.45) is 0 Å². The highest BCUT2D eigenvalue weighted by molar-refractivity contribution is 6.30. The summed E-state index contributed by atoms with van der Waals surface area (Å²) < 4.78 is 0. The number of amides is 1. The average molecular weight is 359 g/mol. The summed E-state index contributed by atoms with van der Waals surface area (Å²) in [5, 5.41) is 8.37. The van der Waals surface area contributed by atoms with Crippen molar-refractivity contribution in [1.29, 1.82) is 0 Å². The average Bonchev–Trinajstić information content (AvgIpc) is 3.05. The number of hydrogen-bond donors (Lipinski definition) is 1. The van der Waals surface area contributed by atoms with Crippen LogP contribution in [0.15, 0.2) is 24.3 Å². The maximum Gasteiger partial charge on any atom is 0.240 e. The van der Waals surface area contributed by atoms with E-state index in [2.05, 4.69) is 22.1 Å². The van der Waals surface area contributed by atoms with Gasteiger partial charge in [0, 0.05) is 41.4 Å². The molecule has 1 amide bonds. The number of carbonyl (C=O) groups is 1. The van der Waals surface area contributed by atoms with Gasteiger partial charge in [-0.05, 0) is 38.6 Å². The van der Waals surface area contributed by atoms with Gasteiger partial charge in [-0.2, -0.15) is 5.10 Å². The van der Waals surface area contributed by atoms with Crippen molar-refractivity contribution in [1.82, 2.24) is 20.0 Å². The molecule has 0 radical (unpaired) electrons. The Balaban J connectivity index is 1.57. The lowest BCUT2D eigenvalue weighted by molar-refractivity contribution is -0.138. The monoisotopic (exact) mass is 358 g/mol. The lowest BCUT2D eigenvalue weighted by Gasteiger charge is -2.36. The van der Waals surface area contributed by atoms with Crippen LogP contribution in [0.4, 0.5) is 0 Å². The van der Waals surface area contributed by atoms with Gasteiger partial charge in [0.25, 0.3) is 0 Å². The Kier molecular flexibility index (Phi) is 4.52. The molecule has 1 N–H and O–H groups in total. The molecule has 0 spiro atoms. The molecule has 0 unspecified atom stereocenters. The van der Waals surface area contributed by atoms with Crippen LogP contribution in [-0.2, 0) is 17.8 Å². The molecule has 0 bridgehead atoms. The minimum atomic E-state index is 0.0289. The molecule has 1 atom stereocenters. The maximum absolute atomic E-state index is 13.0. The Morgan fingerprint density at radius 2 is 2.04 bits per heavy atom. The number of benzene rings is 1. The van der Waals surface area contributed by atoms with Gasteiger partial charge >= 0.3 is 0 Å². The Hall–Kier alpha value is -1.85. The van der Waals surface area contributed by atoms with Crippen LogP contribution in [0.2, 0.25) is 5.02 Å². The molecule has 2 aromatic rings. The van der Waals surface area contributed by atoms with Crippen LogP contribution in [0.3, 0.4) is 0 Å². The van der Waals surface area contributed by atoms with Crippen molar-refractivity contribution in [2.45, 2.75) is 38.3 Å². The highest BCUT2D eigenvalue weighted by Gasteiger charge is 2.32. The van der Waals surface area contributed by atoms with E-state index in [0.717, 1.165) is 54.9 Å². The Labute approximate surface area is 153 Å². The Bertz CT molecular complexity index is 770. The van der Waals surface area contributed by atoms with Crippen LogP contribution in [0.1, 0.15) is 30.5 Å². The molecule has 1 aromatic carbocycles. The number of hydrogen-bond acceptors (Lipinski definition) is 3. The highest BCUT2D eigenvalue weighted by atomic mass is 35.5. The molecule has 1 saturated heterocycles. The Morgan fingerprint density at radius 1 is 1.24 bits per heavy atom. The molecule has 5 nitrogen and oxygen atoms in total. The normalized spacial score (nSPS) is 21.2. The predicted molar refractivity (Wildman–Crippen MR) is 98.4 cm³/mol. The first-order chi connectivity index (χ1) is 12.1.